The predicted octanol–water partition coefficient (Wildman–Crippen LogP) is 0.555. The lowest BCUT2D eigenvalue weighted by Gasteiger charge is -2.45. The van der Waals surface area contributed by atoms with E-state index in [0.717, 1.165) is 0 Å². The zero-order valence-corrected chi connectivity index (χ0v) is 13.4. The Hall–Kier alpha value is -1.89. The molecule has 2 atom stereocenters. The molecule has 3 amide bonds. The summed E-state index contributed by atoms with van der Waals surface area (Å²) in [7, 11) is 0. The summed E-state index contributed by atoms with van der Waals surface area (Å²) in [6.07, 6.45) is 0. The molecule has 0 radical (unpaired) electrons. The minimum Gasteiger partial charge on any atom is -0.342 e. The second-order valence-corrected chi connectivity index (χ2v) is 6.95. The van der Waals surface area contributed by atoms with E-state index in [0.29, 0.717) is 18.0 Å². The average Bonchev–Trinajstić information content (AvgIpc) is 3.03. The van der Waals surface area contributed by atoms with Crippen LogP contribution in [0.1, 0.15) is 23.5 Å². The van der Waals surface area contributed by atoms with Gasteiger partial charge in [-0.2, -0.15) is 0 Å². The number of rotatable bonds is 2. The number of piperazine rings is 2. The van der Waals surface area contributed by atoms with Gasteiger partial charge < -0.3 is 15.1 Å². The van der Waals surface area contributed by atoms with Gasteiger partial charge in [0.05, 0.1) is 11.4 Å². The maximum atomic E-state index is 12.5. The van der Waals surface area contributed by atoms with E-state index in [1.54, 1.807) is 15.9 Å². The van der Waals surface area contributed by atoms with E-state index in [2.05, 4.69) is 5.32 Å². The topological polar surface area (TPSA) is 69.7 Å². The largest absolute Gasteiger partial charge is 0.342 e. The molecular weight excluding hydrogens is 302 g/mol. The van der Waals surface area contributed by atoms with Crippen LogP contribution in [0.4, 0.5) is 0 Å². The third-order valence-corrected chi connectivity index (χ3v) is 5.07. The molecule has 0 bridgehead atoms. The van der Waals surface area contributed by atoms with Crippen molar-refractivity contribution in [3.8, 4) is 0 Å². The molecule has 22 heavy (non-hydrogen) atoms. The second-order valence-electron chi connectivity index (χ2n) is 6.01. The summed E-state index contributed by atoms with van der Waals surface area (Å²) >= 11 is 1.39. The highest BCUT2D eigenvalue weighted by Gasteiger charge is 2.45. The molecule has 2 saturated heterocycles. The van der Waals surface area contributed by atoms with Crippen molar-refractivity contribution in [2.75, 3.05) is 19.6 Å². The highest BCUT2D eigenvalue weighted by atomic mass is 32.1. The monoisotopic (exact) mass is 321 g/mol. The first-order valence-electron chi connectivity index (χ1n) is 7.42. The van der Waals surface area contributed by atoms with Crippen molar-refractivity contribution in [3.63, 3.8) is 0 Å². The van der Waals surface area contributed by atoms with Crippen molar-refractivity contribution in [1.82, 2.24) is 15.1 Å². The molecule has 3 heterocycles. The number of nitrogens with zero attached hydrogens (tertiary/aromatic N) is 2. The van der Waals surface area contributed by atoms with Crippen molar-refractivity contribution in [2.45, 2.75) is 25.9 Å². The van der Waals surface area contributed by atoms with Gasteiger partial charge in [0.15, 0.2) is 0 Å². The summed E-state index contributed by atoms with van der Waals surface area (Å²) in [4.78, 5) is 41.1. The van der Waals surface area contributed by atoms with E-state index >= 15 is 0 Å². The van der Waals surface area contributed by atoms with Crippen molar-refractivity contribution >= 4 is 29.1 Å². The molecule has 2 aliphatic heterocycles. The Kier molecular flexibility index (Phi) is 3.90. The molecule has 3 rings (SSSR count). The van der Waals surface area contributed by atoms with Gasteiger partial charge in [0, 0.05) is 13.1 Å². The number of carbonyl (C=O) groups excluding carboxylic acids is 3. The lowest BCUT2D eigenvalue weighted by molar-refractivity contribution is -0.153. The Balaban J connectivity index is 1.75. The molecule has 0 aliphatic carbocycles. The van der Waals surface area contributed by atoms with E-state index in [-0.39, 0.29) is 30.2 Å². The molecule has 7 heteroatoms. The Morgan fingerprint density at radius 1 is 1.36 bits per heavy atom. The van der Waals surface area contributed by atoms with Gasteiger partial charge >= 0.3 is 0 Å². The lowest BCUT2D eigenvalue weighted by atomic mass is 9.96. The third-order valence-electron chi connectivity index (χ3n) is 4.22. The molecule has 1 N–H and O–H groups in total. The van der Waals surface area contributed by atoms with Gasteiger partial charge in [-0.3, -0.25) is 14.4 Å². The van der Waals surface area contributed by atoms with E-state index in [9.17, 15) is 14.4 Å². The van der Waals surface area contributed by atoms with Crippen LogP contribution >= 0.6 is 11.3 Å². The smallest absolute Gasteiger partial charge is 0.264 e. The molecular formula is C15H19N3O3S. The van der Waals surface area contributed by atoms with Crippen molar-refractivity contribution in [1.29, 1.82) is 0 Å². The summed E-state index contributed by atoms with van der Waals surface area (Å²) in [5, 5.41) is 4.65. The Bertz CT molecular complexity index is 599. The average molecular weight is 321 g/mol. The van der Waals surface area contributed by atoms with Crippen LogP contribution in [0.3, 0.4) is 0 Å². The van der Waals surface area contributed by atoms with Crippen LogP contribution in [0.5, 0.6) is 0 Å². The highest BCUT2D eigenvalue weighted by molar-refractivity contribution is 7.12. The van der Waals surface area contributed by atoms with Crippen LogP contribution in [0.2, 0.25) is 0 Å². The van der Waals surface area contributed by atoms with Crippen LogP contribution in [-0.2, 0) is 9.59 Å². The Labute approximate surface area is 133 Å². The zero-order chi connectivity index (χ0) is 15.9. The van der Waals surface area contributed by atoms with Crippen molar-refractivity contribution < 1.29 is 14.4 Å². The number of amides is 3. The number of fused-ring (bicyclic) bond motifs is 1. The molecule has 1 aromatic rings. The van der Waals surface area contributed by atoms with Crippen LogP contribution in [0, 0.1) is 5.92 Å². The molecule has 6 nitrogen and oxygen atoms in total. The first-order valence-corrected chi connectivity index (χ1v) is 8.30. The Morgan fingerprint density at radius 2 is 2.14 bits per heavy atom. The van der Waals surface area contributed by atoms with E-state index in [4.69, 9.17) is 0 Å². The second kappa shape index (κ2) is 5.72. The number of nitrogens with one attached hydrogen (secondary N) is 1. The molecule has 118 valence electrons. The molecule has 0 saturated carbocycles. The van der Waals surface area contributed by atoms with Gasteiger partial charge in [0.2, 0.25) is 11.8 Å². The Morgan fingerprint density at radius 3 is 2.77 bits per heavy atom. The number of thiophene rings is 1. The predicted molar refractivity (Wildman–Crippen MR) is 82.5 cm³/mol. The minimum absolute atomic E-state index is 0.0391. The van der Waals surface area contributed by atoms with Gasteiger partial charge in [-0.15, -0.1) is 11.3 Å². The molecule has 2 aliphatic rings. The maximum absolute atomic E-state index is 12.5. The number of carbonyl (C=O) groups is 3. The zero-order valence-electron chi connectivity index (χ0n) is 12.6. The first-order chi connectivity index (χ1) is 10.5. The van der Waals surface area contributed by atoms with E-state index in [1.807, 2.05) is 25.3 Å². The number of hydrogen-bond donors (Lipinski definition) is 1. The maximum Gasteiger partial charge on any atom is 0.264 e. The minimum atomic E-state index is -0.569. The fourth-order valence-electron chi connectivity index (χ4n) is 2.95. The first kappa shape index (κ1) is 15.0. The van der Waals surface area contributed by atoms with Gasteiger partial charge in [-0.1, -0.05) is 19.9 Å². The summed E-state index contributed by atoms with van der Waals surface area (Å²) in [5.41, 5.74) is 0. The summed E-state index contributed by atoms with van der Waals surface area (Å²) in [6.45, 7) is 4.98. The van der Waals surface area contributed by atoms with Gasteiger partial charge in [0.25, 0.3) is 5.91 Å². The van der Waals surface area contributed by atoms with E-state index < -0.39 is 12.1 Å². The molecule has 1 aromatic heterocycles. The van der Waals surface area contributed by atoms with Crippen LogP contribution in [-0.4, -0.2) is 59.2 Å². The molecule has 0 aromatic carbocycles. The summed E-state index contributed by atoms with van der Waals surface area (Å²) in [6, 6.07) is 2.59. The SMILES string of the molecule is CC(C)[C@H]1NC(=O)[C@H]2CN(C(=O)c3cccs3)CCN2C1=O. The van der Waals surface area contributed by atoms with Crippen LogP contribution in [0.15, 0.2) is 17.5 Å². The van der Waals surface area contributed by atoms with Crippen LogP contribution in [0.25, 0.3) is 0 Å². The van der Waals surface area contributed by atoms with Crippen molar-refractivity contribution in [3.05, 3.63) is 22.4 Å². The van der Waals surface area contributed by atoms with Crippen LogP contribution < -0.4 is 5.32 Å². The van der Waals surface area contributed by atoms with Gasteiger partial charge in [-0.25, -0.2) is 0 Å². The van der Waals surface area contributed by atoms with Crippen molar-refractivity contribution in [2.24, 2.45) is 5.92 Å². The number of hydrogen-bond acceptors (Lipinski definition) is 4. The molecule has 2 fully saturated rings. The summed E-state index contributed by atoms with van der Waals surface area (Å²) in [5.74, 6) is -0.214. The fourth-order valence-corrected chi connectivity index (χ4v) is 3.64. The molecule has 0 spiro atoms. The normalized spacial score (nSPS) is 25.2. The fraction of sp³-hybridized carbons (Fsp3) is 0.533. The third kappa shape index (κ3) is 2.49. The van der Waals surface area contributed by atoms with Gasteiger partial charge in [0.1, 0.15) is 12.1 Å². The quantitative estimate of drug-likeness (QED) is 0.865. The summed E-state index contributed by atoms with van der Waals surface area (Å²) < 4.78 is 0. The van der Waals surface area contributed by atoms with E-state index in [1.165, 1.54) is 11.3 Å². The van der Waals surface area contributed by atoms with Gasteiger partial charge in [-0.05, 0) is 17.4 Å². The molecule has 0 unspecified atom stereocenters. The standard InChI is InChI=1S/C15H19N3O3S/c1-9(2)12-15(21)18-6-5-17(8-10(18)13(19)16-12)14(20)11-4-3-7-22-11/h3-4,7,9-10,12H,5-6,8H2,1-2H3,(H,16,19)/t10-,12-/m1/s1. The highest BCUT2D eigenvalue weighted by Crippen LogP contribution is 2.21. The lowest BCUT2D eigenvalue weighted by Crippen LogP contribution is -2.70.